The lowest BCUT2D eigenvalue weighted by Crippen LogP contribution is -2.02. The van der Waals surface area contributed by atoms with Gasteiger partial charge in [0.25, 0.3) is 0 Å². The number of aliphatic imine (C=N–C) groups is 3. The molecule has 0 amide bonds. The molecule has 0 aromatic heterocycles. The smallest absolute Gasteiger partial charge is 0.0787 e. The maximum atomic E-state index is 4.90. The van der Waals surface area contributed by atoms with Crippen LogP contribution < -0.4 is 0 Å². The highest BCUT2D eigenvalue weighted by Gasteiger charge is 2.13. The van der Waals surface area contributed by atoms with Crippen molar-refractivity contribution < 1.29 is 0 Å². The van der Waals surface area contributed by atoms with E-state index in [1.54, 1.807) is 0 Å². The molecule has 1 heterocycles. The van der Waals surface area contributed by atoms with Crippen LogP contribution in [0.5, 0.6) is 0 Å². The number of benzene rings is 3. The molecule has 152 valence electrons. The van der Waals surface area contributed by atoms with Gasteiger partial charge in [0.1, 0.15) is 0 Å². The average Bonchev–Trinajstić information content (AvgIpc) is 3.24. The minimum Gasteiger partial charge on any atom is -0.258 e. The summed E-state index contributed by atoms with van der Waals surface area (Å²) in [5.74, 6) is 0.452. The van der Waals surface area contributed by atoms with Gasteiger partial charge in [-0.25, -0.2) is 0 Å². The van der Waals surface area contributed by atoms with Crippen LogP contribution in [0.2, 0.25) is 0 Å². The number of hydrogen-bond acceptors (Lipinski definition) is 3. The maximum absolute atomic E-state index is 4.90. The van der Waals surface area contributed by atoms with Gasteiger partial charge in [-0.05, 0) is 35.8 Å². The van der Waals surface area contributed by atoms with Crippen LogP contribution >= 0.6 is 0 Å². The molecule has 3 nitrogen and oxygen atoms in total. The van der Waals surface area contributed by atoms with Gasteiger partial charge in [-0.2, -0.15) is 0 Å². The lowest BCUT2D eigenvalue weighted by molar-refractivity contribution is 0.670. The van der Waals surface area contributed by atoms with E-state index < -0.39 is 0 Å². The van der Waals surface area contributed by atoms with E-state index >= 15 is 0 Å². The summed E-state index contributed by atoms with van der Waals surface area (Å²) in [6, 6.07) is 19.1. The second kappa shape index (κ2) is 8.27. The first-order valence-corrected chi connectivity index (χ1v) is 10.8. The Balaban J connectivity index is 1.43. The first-order chi connectivity index (χ1) is 15.2. The molecule has 0 saturated carbocycles. The van der Waals surface area contributed by atoms with Crippen LogP contribution in [-0.4, -0.2) is 18.1 Å². The summed E-state index contributed by atoms with van der Waals surface area (Å²) >= 11 is 0. The SMILES string of the molecule is CC1=C(N=CC2=CCC(C=Nc3c4ccccc4cc4ccccc34)=N2)C(C)CC=C1. The van der Waals surface area contributed by atoms with Crippen molar-refractivity contribution in [2.45, 2.75) is 26.7 Å². The zero-order chi connectivity index (χ0) is 21.2. The molecule has 31 heavy (non-hydrogen) atoms. The van der Waals surface area contributed by atoms with Gasteiger partial charge in [-0.3, -0.25) is 15.0 Å². The molecule has 5 rings (SSSR count). The van der Waals surface area contributed by atoms with Crippen molar-refractivity contribution in [3.05, 3.63) is 89.8 Å². The quantitative estimate of drug-likeness (QED) is 0.322. The van der Waals surface area contributed by atoms with Gasteiger partial charge in [-0.1, -0.05) is 73.7 Å². The van der Waals surface area contributed by atoms with Gasteiger partial charge in [0.15, 0.2) is 0 Å². The third-order valence-electron chi connectivity index (χ3n) is 5.94. The van der Waals surface area contributed by atoms with Crippen molar-refractivity contribution in [1.82, 2.24) is 0 Å². The molecule has 0 saturated heterocycles. The van der Waals surface area contributed by atoms with Gasteiger partial charge < -0.3 is 0 Å². The van der Waals surface area contributed by atoms with E-state index in [9.17, 15) is 0 Å². The van der Waals surface area contributed by atoms with Crippen LogP contribution in [0.15, 0.2) is 105 Å². The lowest BCUT2D eigenvalue weighted by Gasteiger charge is -2.16. The summed E-state index contributed by atoms with van der Waals surface area (Å²) in [5.41, 5.74) is 5.26. The molecular weight excluding hydrogens is 378 g/mol. The Morgan fingerprint density at radius 3 is 2.35 bits per heavy atom. The van der Waals surface area contributed by atoms with Crippen LogP contribution in [0.4, 0.5) is 5.69 Å². The van der Waals surface area contributed by atoms with Gasteiger partial charge in [0, 0.05) is 35.0 Å². The highest BCUT2D eigenvalue weighted by Crippen LogP contribution is 2.35. The van der Waals surface area contributed by atoms with E-state index in [0.717, 1.165) is 46.4 Å². The number of fused-ring (bicyclic) bond motifs is 2. The Hall–Kier alpha value is -3.59. The molecule has 1 unspecified atom stereocenters. The molecule has 0 N–H and O–H groups in total. The predicted octanol–water partition coefficient (Wildman–Crippen LogP) is 7.36. The van der Waals surface area contributed by atoms with Crippen molar-refractivity contribution in [3.8, 4) is 0 Å². The minimum absolute atomic E-state index is 0.452. The average molecular weight is 404 g/mol. The van der Waals surface area contributed by atoms with Gasteiger partial charge in [0.2, 0.25) is 0 Å². The van der Waals surface area contributed by atoms with Crippen LogP contribution in [-0.2, 0) is 0 Å². The summed E-state index contributed by atoms with van der Waals surface area (Å²) in [7, 11) is 0. The largest absolute Gasteiger partial charge is 0.258 e. The summed E-state index contributed by atoms with van der Waals surface area (Å²) < 4.78 is 0. The third kappa shape index (κ3) is 3.91. The van der Waals surface area contributed by atoms with Crippen molar-refractivity contribution in [2.24, 2.45) is 20.9 Å². The van der Waals surface area contributed by atoms with Crippen molar-refractivity contribution in [1.29, 1.82) is 0 Å². The fourth-order valence-corrected chi connectivity index (χ4v) is 4.30. The Morgan fingerprint density at radius 2 is 1.65 bits per heavy atom. The first kappa shape index (κ1) is 19.4. The predicted molar refractivity (Wildman–Crippen MR) is 134 cm³/mol. The van der Waals surface area contributed by atoms with Crippen LogP contribution in [0.25, 0.3) is 21.5 Å². The molecule has 1 atom stereocenters. The standard InChI is InChI=1S/C28H25N3/c1-19-8-7-9-20(2)27(19)29-17-23-14-15-24(31-23)18-30-28-25-12-5-3-10-21(25)16-22-11-4-6-13-26(22)28/h3-8,10-14,16-18,20H,9,15H2,1-2H3. The zero-order valence-corrected chi connectivity index (χ0v) is 17.9. The topological polar surface area (TPSA) is 37.1 Å². The molecular formula is C28H25N3. The van der Waals surface area contributed by atoms with E-state index in [1.807, 2.05) is 12.4 Å². The highest BCUT2D eigenvalue weighted by molar-refractivity contribution is 6.33. The first-order valence-electron chi connectivity index (χ1n) is 10.8. The minimum atomic E-state index is 0.452. The van der Waals surface area contributed by atoms with Gasteiger partial charge >= 0.3 is 0 Å². The van der Waals surface area contributed by atoms with Crippen LogP contribution in [0.3, 0.4) is 0 Å². The van der Waals surface area contributed by atoms with Gasteiger partial charge in [-0.15, -0.1) is 0 Å². The second-order valence-electron chi connectivity index (χ2n) is 8.23. The summed E-state index contributed by atoms with van der Waals surface area (Å²) in [6.45, 7) is 4.34. The third-order valence-corrected chi connectivity index (χ3v) is 5.94. The Morgan fingerprint density at radius 1 is 0.935 bits per heavy atom. The fourth-order valence-electron chi connectivity index (χ4n) is 4.30. The molecule has 1 aliphatic heterocycles. The summed E-state index contributed by atoms with van der Waals surface area (Å²) in [4.78, 5) is 14.4. The van der Waals surface area contributed by atoms with Crippen molar-refractivity contribution in [3.63, 3.8) is 0 Å². The molecule has 3 heteroatoms. The maximum Gasteiger partial charge on any atom is 0.0787 e. The molecule has 3 aromatic rings. The number of hydrogen-bond donors (Lipinski definition) is 0. The van der Waals surface area contributed by atoms with E-state index in [2.05, 4.69) is 86.7 Å². The van der Waals surface area contributed by atoms with Crippen LogP contribution in [0, 0.1) is 5.92 Å². The molecule has 0 radical (unpaired) electrons. The van der Waals surface area contributed by atoms with Gasteiger partial charge in [0.05, 0.1) is 23.3 Å². The van der Waals surface area contributed by atoms with E-state index in [4.69, 9.17) is 15.0 Å². The number of nitrogens with zero attached hydrogens (tertiary/aromatic N) is 3. The Labute approximate surface area is 183 Å². The fraction of sp³-hybridized carbons (Fsp3) is 0.179. The van der Waals surface area contributed by atoms with E-state index in [0.29, 0.717) is 5.92 Å². The molecule has 1 aliphatic carbocycles. The monoisotopic (exact) mass is 403 g/mol. The Bertz CT molecular complexity index is 1300. The van der Waals surface area contributed by atoms with E-state index in [1.165, 1.54) is 16.3 Å². The Kier molecular flexibility index (Phi) is 5.17. The zero-order valence-electron chi connectivity index (χ0n) is 17.9. The number of allylic oxidation sites excluding steroid dienone is 6. The molecule has 0 fully saturated rings. The summed E-state index contributed by atoms with van der Waals surface area (Å²) in [6.07, 6.45) is 12.1. The molecule has 0 bridgehead atoms. The highest BCUT2D eigenvalue weighted by atomic mass is 14.9. The normalized spacial score (nSPS) is 19.2. The molecule has 0 spiro atoms. The van der Waals surface area contributed by atoms with Crippen molar-refractivity contribution in [2.75, 3.05) is 0 Å². The molecule has 2 aliphatic rings. The van der Waals surface area contributed by atoms with Crippen LogP contribution in [0.1, 0.15) is 26.7 Å². The van der Waals surface area contributed by atoms with E-state index in [-0.39, 0.29) is 0 Å². The number of rotatable bonds is 4. The van der Waals surface area contributed by atoms with Crippen molar-refractivity contribution >= 4 is 45.4 Å². The summed E-state index contributed by atoms with van der Waals surface area (Å²) in [5, 5.41) is 4.72. The molecule has 3 aromatic carbocycles. The second-order valence-corrected chi connectivity index (χ2v) is 8.23. The lowest BCUT2D eigenvalue weighted by atomic mass is 9.95.